The van der Waals surface area contributed by atoms with Crippen LogP contribution >= 0.6 is 0 Å². The van der Waals surface area contributed by atoms with Gasteiger partial charge in [-0.1, -0.05) is 12.1 Å². The van der Waals surface area contributed by atoms with Crippen molar-refractivity contribution in [1.29, 1.82) is 0 Å². The molecule has 2 aromatic carbocycles. The molecule has 0 N–H and O–H groups in total. The predicted molar refractivity (Wildman–Crippen MR) is 93.0 cm³/mol. The van der Waals surface area contributed by atoms with E-state index in [1.54, 1.807) is 51.5 Å². The number of ether oxygens (including phenoxy) is 3. The molecule has 0 radical (unpaired) electrons. The van der Waals surface area contributed by atoms with Crippen LogP contribution in [0.1, 0.15) is 28.9 Å². The molecule has 0 saturated carbocycles. The standard InChI is InChI=1S/C19H23NO4/c1-13(14-6-8-16(22-3)9-7-14)20(2)19(21)15-10-17(23-4)12-18(11-15)24-5/h6-13H,1-5H3. The van der Waals surface area contributed by atoms with Crippen molar-refractivity contribution >= 4 is 5.91 Å². The number of benzene rings is 2. The summed E-state index contributed by atoms with van der Waals surface area (Å²) >= 11 is 0. The molecule has 0 spiro atoms. The van der Waals surface area contributed by atoms with Crippen LogP contribution in [0.5, 0.6) is 17.2 Å². The number of hydrogen-bond donors (Lipinski definition) is 0. The van der Waals surface area contributed by atoms with Gasteiger partial charge in [0.2, 0.25) is 0 Å². The van der Waals surface area contributed by atoms with E-state index in [1.165, 1.54) is 0 Å². The van der Waals surface area contributed by atoms with Crippen molar-refractivity contribution in [2.75, 3.05) is 28.4 Å². The molecule has 0 aliphatic heterocycles. The maximum absolute atomic E-state index is 12.8. The second-order valence-electron chi connectivity index (χ2n) is 5.47. The molecule has 1 atom stereocenters. The van der Waals surface area contributed by atoms with Crippen molar-refractivity contribution in [2.45, 2.75) is 13.0 Å². The van der Waals surface area contributed by atoms with Crippen LogP contribution in [-0.4, -0.2) is 39.2 Å². The minimum atomic E-state index is -0.101. The minimum absolute atomic E-state index is 0.0828. The Bertz CT molecular complexity index is 675. The first kappa shape index (κ1) is 17.7. The highest BCUT2D eigenvalue weighted by Gasteiger charge is 2.20. The molecule has 2 aromatic rings. The fourth-order valence-corrected chi connectivity index (χ4v) is 2.42. The average Bonchev–Trinajstić information content (AvgIpc) is 2.65. The first-order chi connectivity index (χ1) is 11.5. The zero-order chi connectivity index (χ0) is 17.7. The summed E-state index contributed by atoms with van der Waals surface area (Å²) in [6, 6.07) is 12.8. The molecule has 1 unspecified atom stereocenters. The van der Waals surface area contributed by atoms with Crippen molar-refractivity contribution in [2.24, 2.45) is 0 Å². The van der Waals surface area contributed by atoms with Crippen LogP contribution in [0.25, 0.3) is 0 Å². The van der Waals surface area contributed by atoms with Gasteiger partial charge in [-0.05, 0) is 36.8 Å². The minimum Gasteiger partial charge on any atom is -0.497 e. The summed E-state index contributed by atoms with van der Waals surface area (Å²) < 4.78 is 15.6. The summed E-state index contributed by atoms with van der Waals surface area (Å²) in [5.74, 6) is 1.86. The van der Waals surface area contributed by atoms with Gasteiger partial charge in [-0.15, -0.1) is 0 Å². The quantitative estimate of drug-likeness (QED) is 0.813. The van der Waals surface area contributed by atoms with Gasteiger partial charge in [0.1, 0.15) is 17.2 Å². The number of carbonyl (C=O) groups is 1. The van der Waals surface area contributed by atoms with Gasteiger partial charge in [0.05, 0.1) is 27.4 Å². The van der Waals surface area contributed by atoms with Gasteiger partial charge >= 0.3 is 0 Å². The molecule has 128 valence electrons. The van der Waals surface area contributed by atoms with E-state index in [0.29, 0.717) is 17.1 Å². The maximum atomic E-state index is 12.8. The Kier molecular flexibility index (Phi) is 5.68. The first-order valence-corrected chi connectivity index (χ1v) is 7.64. The Labute approximate surface area is 142 Å². The van der Waals surface area contributed by atoms with Crippen LogP contribution in [0, 0.1) is 0 Å². The zero-order valence-electron chi connectivity index (χ0n) is 14.7. The third-order valence-electron chi connectivity index (χ3n) is 4.10. The summed E-state index contributed by atoms with van der Waals surface area (Å²) in [6.07, 6.45) is 0. The second kappa shape index (κ2) is 7.73. The number of methoxy groups -OCH3 is 3. The van der Waals surface area contributed by atoms with Crippen molar-refractivity contribution in [1.82, 2.24) is 4.90 Å². The van der Waals surface area contributed by atoms with Gasteiger partial charge in [-0.25, -0.2) is 0 Å². The predicted octanol–water partition coefficient (Wildman–Crippen LogP) is 3.55. The molecule has 0 fully saturated rings. The van der Waals surface area contributed by atoms with Crippen molar-refractivity contribution in [3.63, 3.8) is 0 Å². The fraction of sp³-hybridized carbons (Fsp3) is 0.316. The Hall–Kier alpha value is -2.69. The van der Waals surface area contributed by atoms with Crippen LogP contribution in [0.3, 0.4) is 0 Å². The maximum Gasteiger partial charge on any atom is 0.254 e. The van der Waals surface area contributed by atoms with Gasteiger partial charge < -0.3 is 19.1 Å². The van der Waals surface area contributed by atoms with E-state index in [0.717, 1.165) is 11.3 Å². The molecular weight excluding hydrogens is 306 g/mol. The molecule has 24 heavy (non-hydrogen) atoms. The number of carbonyl (C=O) groups excluding carboxylic acids is 1. The average molecular weight is 329 g/mol. The van der Waals surface area contributed by atoms with Crippen LogP contribution in [0.4, 0.5) is 0 Å². The molecular formula is C19H23NO4. The molecule has 0 aliphatic carbocycles. The van der Waals surface area contributed by atoms with E-state index in [4.69, 9.17) is 14.2 Å². The number of rotatable bonds is 6. The SMILES string of the molecule is COc1ccc(C(C)N(C)C(=O)c2cc(OC)cc(OC)c2)cc1. The van der Waals surface area contributed by atoms with Crippen molar-refractivity contribution in [3.05, 3.63) is 53.6 Å². The topological polar surface area (TPSA) is 48.0 Å². The van der Waals surface area contributed by atoms with Gasteiger partial charge in [-0.3, -0.25) is 4.79 Å². The van der Waals surface area contributed by atoms with E-state index in [9.17, 15) is 4.79 Å². The summed E-state index contributed by atoms with van der Waals surface area (Å²) in [5, 5.41) is 0. The molecule has 0 saturated heterocycles. The first-order valence-electron chi connectivity index (χ1n) is 7.64. The lowest BCUT2D eigenvalue weighted by Crippen LogP contribution is -2.29. The lowest BCUT2D eigenvalue weighted by molar-refractivity contribution is 0.0742. The Balaban J connectivity index is 2.24. The van der Waals surface area contributed by atoms with Gasteiger partial charge in [0.15, 0.2) is 0 Å². The van der Waals surface area contributed by atoms with Crippen LogP contribution in [0.15, 0.2) is 42.5 Å². The number of amides is 1. The van der Waals surface area contributed by atoms with Crippen LogP contribution in [-0.2, 0) is 0 Å². The third kappa shape index (κ3) is 3.79. The van der Waals surface area contributed by atoms with Gasteiger partial charge in [0, 0.05) is 18.7 Å². The van der Waals surface area contributed by atoms with Crippen molar-refractivity contribution in [3.8, 4) is 17.2 Å². The highest BCUT2D eigenvalue weighted by Crippen LogP contribution is 2.27. The zero-order valence-corrected chi connectivity index (χ0v) is 14.7. The van der Waals surface area contributed by atoms with Gasteiger partial charge in [-0.2, -0.15) is 0 Å². The Morgan fingerprint density at radius 3 is 1.83 bits per heavy atom. The largest absolute Gasteiger partial charge is 0.497 e. The molecule has 1 amide bonds. The number of nitrogens with zero attached hydrogens (tertiary/aromatic N) is 1. The van der Waals surface area contributed by atoms with E-state index < -0.39 is 0 Å². The highest BCUT2D eigenvalue weighted by atomic mass is 16.5. The van der Waals surface area contributed by atoms with E-state index in [-0.39, 0.29) is 11.9 Å². The molecule has 5 heteroatoms. The van der Waals surface area contributed by atoms with E-state index in [2.05, 4.69) is 0 Å². The molecule has 0 heterocycles. The summed E-state index contributed by atoms with van der Waals surface area (Å²) in [6.45, 7) is 1.98. The summed E-state index contributed by atoms with van der Waals surface area (Å²) in [7, 11) is 6.53. The molecule has 0 aliphatic rings. The smallest absolute Gasteiger partial charge is 0.254 e. The van der Waals surface area contributed by atoms with E-state index >= 15 is 0 Å². The Morgan fingerprint density at radius 2 is 1.38 bits per heavy atom. The summed E-state index contributed by atoms with van der Waals surface area (Å²) in [4.78, 5) is 14.5. The Morgan fingerprint density at radius 1 is 0.875 bits per heavy atom. The van der Waals surface area contributed by atoms with E-state index in [1.807, 2.05) is 31.2 Å². The normalized spacial score (nSPS) is 11.5. The third-order valence-corrected chi connectivity index (χ3v) is 4.10. The van der Waals surface area contributed by atoms with Crippen LogP contribution < -0.4 is 14.2 Å². The molecule has 5 nitrogen and oxygen atoms in total. The molecule has 2 rings (SSSR count). The fourth-order valence-electron chi connectivity index (χ4n) is 2.42. The summed E-state index contributed by atoms with van der Waals surface area (Å²) in [5.41, 5.74) is 1.55. The second-order valence-corrected chi connectivity index (χ2v) is 5.47. The molecule has 0 bridgehead atoms. The lowest BCUT2D eigenvalue weighted by atomic mass is 10.1. The monoisotopic (exact) mass is 329 g/mol. The van der Waals surface area contributed by atoms with Crippen LogP contribution in [0.2, 0.25) is 0 Å². The molecule has 0 aromatic heterocycles. The highest BCUT2D eigenvalue weighted by molar-refractivity contribution is 5.95. The lowest BCUT2D eigenvalue weighted by Gasteiger charge is -2.26. The van der Waals surface area contributed by atoms with Gasteiger partial charge in [0.25, 0.3) is 5.91 Å². The van der Waals surface area contributed by atoms with Crippen molar-refractivity contribution < 1.29 is 19.0 Å². The number of hydrogen-bond acceptors (Lipinski definition) is 4.